The van der Waals surface area contributed by atoms with Gasteiger partial charge in [-0.25, -0.2) is 0 Å². The fourth-order valence-electron chi connectivity index (χ4n) is 3.68. The number of hydrogen-bond donors (Lipinski definition) is 2. The van der Waals surface area contributed by atoms with E-state index in [1.54, 1.807) is 12.1 Å². The van der Waals surface area contributed by atoms with Crippen LogP contribution < -0.4 is 0 Å². The third-order valence-corrected chi connectivity index (χ3v) is 5.23. The molecule has 2 aromatic carbocycles. The van der Waals surface area contributed by atoms with Crippen molar-refractivity contribution in [3.63, 3.8) is 0 Å². The monoisotopic (exact) mass is 448 g/mol. The molecular formula is C20H20N2O10. The summed E-state index contributed by atoms with van der Waals surface area (Å²) >= 11 is 0. The number of benzene rings is 2. The van der Waals surface area contributed by atoms with Crippen LogP contribution in [-0.4, -0.2) is 57.7 Å². The first kappa shape index (κ1) is 22.2. The largest absolute Gasteiger partial charge is 0.394 e. The van der Waals surface area contributed by atoms with E-state index in [9.17, 15) is 30.4 Å². The third kappa shape index (κ3) is 4.46. The van der Waals surface area contributed by atoms with E-state index in [1.807, 2.05) is 0 Å². The van der Waals surface area contributed by atoms with E-state index in [-0.39, 0.29) is 18.0 Å². The second-order valence-electron chi connectivity index (χ2n) is 7.33. The Hall–Kier alpha value is -3.00. The fraction of sp³-hybridized carbons (Fsp3) is 0.400. The molecule has 2 aromatic rings. The lowest BCUT2D eigenvalue weighted by Crippen LogP contribution is -2.45. The minimum Gasteiger partial charge on any atom is -0.394 e. The molecule has 2 aliphatic rings. The van der Waals surface area contributed by atoms with Crippen molar-refractivity contribution in [2.24, 2.45) is 0 Å². The summed E-state index contributed by atoms with van der Waals surface area (Å²) in [6.45, 7) is -0.682. The van der Waals surface area contributed by atoms with E-state index < -0.39 is 53.4 Å². The second kappa shape index (κ2) is 9.24. The maximum absolute atomic E-state index is 11.1. The Morgan fingerprint density at radius 1 is 0.938 bits per heavy atom. The van der Waals surface area contributed by atoms with Crippen LogP contribution in [0, 0.1) is 20.2 Å². The molecule has 4 rings (SSSR count). The number of non-ortho nitro benzene ring substituents is 2. The van der Waals surface area contributed by atoms with Crippen LogP contribution >= 0.6 is 0 Å². The van der Waals surface area contributed by atoms with Gasteiger partial charge in [0.1, 0.15) is 24.4 Å². The Balaban J connectivity index is 1.58. The summed E-state index contributed by atoms with van der Waals surface area (Å²) < 4.78 is 23.4. The number of nitro benzene ring substituents is 2. The topological polar surface area (TPSA) is 164 Å². The highest BCUT2D eigenvalue weighted by Crippen LogP contribution is 2.40. The summed E-state index contributed by atoms with van der Waals surface area (Å²) in [5.41, 5.74) is 0.466. The molecule has 0 bridgehead atoms. The smallest absolute Gasteiger partial charge is 0.269 e. The lowest BCUT2D eigenvalue weighted by molar-refractivity contribution is -0.385. The van der Waals surface area contributed by atoms with Gasteiger partial charge in [-0.3, -0.25) is 20.2 Å². The molecule has 2 aliphatic heterocycles. The molecular weight excluding hydrogens is 428 g/mol. The van der Waals surface area contributed by atoms with E-state index in [2.05, 4.69) is 0 Å². The van der Waals surface area contributed by atoms with Crippen LogP contribution in [0.3, 0.4) is 0 Å². The van der Waals surface area contributed by atoms with Crippen molar-refractivity contribution in [2.45, 2.75) is 37.0 Å². The van der Waals surface area contributed by atoms with Crippen molar-refractivity contribution in [1.82, 2.24) is 0 Å². The molecule has 2 fully saturated rings. The number of aliphatic hydroxyl groups is 2. The molecule has 2 heterocycles. The number of nitro groups is 2. The van der Waals surface area contributed by atoms with Crippen molar-refractivity contribution >= 4 is 11.4 Å². The normalized spacial score (nSPS) is 28.5. The summed E-state index contributed by atoms with van der Waals surface area (Å²) in [5, 5.41) is 42.0. The van der Waals surface area contributed by atoms with Crippen molar-refractivity contribution in [2.75, 3.05) is 13.2 Å². The van der Waals surface area contributed by atoms with Crippen molar-refractivity contribution in [3.8, 4) is 0 Å². The fourth-order valence-corrected chi connectivity index (χ4v) is 3.68. The number of fused-ring (bicyclic) bond motifs is 1. The molecule has 2 N–H and O–H groups in total. The van der Waals surface area contributed by atoms with Crippen LogP contribution in [0.25, 0.3) is 0 Å². The summed E-state index contributed by atoms with van der Waals surface area (Å²) in [4.78, 5) is 21.1. The van der Waals surface area contributed by atoms with Crippen LogP contribution in [0.1, 0.15) is 23.7 Å². The van der Waals surface area contributed by atoms with Gasteiger partial charge in [0.05, 0.1) is 23.1 Å². The van der Waals surface area contributed by atoms with Gasteiger partial charge < -0.3 is 29.2 Å². The van der Waals surface area contributed by atoms with Gasteiger partial charge in [-0.1, -0.05) is 24.3 Å². The predicted molar refractivity (Wildman–Crippen MR) is 105 cm³/mol. The number of hydrogen-bond acceptors (Lipinski definition) is 10. The lowest BCUT2D eigenvalue weighted by Gasteiger charge is -2.28. The second-order valence-corrected chi connectivity index (χ2v) is 7.33. The van der Waals surface area contributed by atoms with Gasteiger partial charge in [0, 0.05) is 35.4 Å². The predicted octanol–water partition coefficient (Wildman–Crippen LogP) is 1.75. The number of nitrogens with zero attached hydrogens (tertiary/aromatic N) is 2. The van der Waals surface area contributed by atoms with Crippen LogP contribution in [-0.2, 0) is 18.9 Å². The molecule has 0 amide bonds. The first-order chi connectivity index (χ1) is 15.4. The zero-order valence-corrected chi connectivity index (χ0v) is 16.6. The Morgan fingerprint density at radius 3 is 2.09 bits per heavy atom. The minimum atomic E-state index is -1.36. The average Bonchev–Trinajstić information content (AvgIpc) is 3.14. The third-order valence-electron chi connectivity index (χ3n) is 5.23. The van der Waals surface area contributed by atoms with E-state index in [4.69, 9.17) is 18.9 Å². The molecule has 12 nitrogen and oxygen atoms in total. The van der Waals surface area contributed by atoms with Gasteiger partial charge in [-0.15, -0.1) is 0 Å². The first-order valence-electron chi connectivity index (χ1n) is 9.73. The molecule has 6 atom stereocenters. The average molecular weight is 448 g/mol. The van der Waals surface area contributed by atoms with Crippen molar-refractivity contribution in [1.29, 1.82) is 0 Å². The molecule has 0 radical (unpaired) electrons. The molecule has 32 heavy (non-hydrogen) atoms. The molecule has 2 saturated heterocycles. The standard InChI is InChI=1S/C20H20N2O10/c23-9-15(24)17-18-16(30-20(32-18)12-4-2-6-14(8-12)22(27)28)10-29-19(31-17)11-3-1-5-13(7-11)21(25)26/h1-8,15-20,23-24H,9-10H2/t15-,16+,17+,18+,19?,20?/m0/s1. The van der Waals surface area contributed by atoms with Gasteiger partial charge in [-0.05, 0) is 0 Å². The van der Waals surface area contributed by atoms with E-state index >= 15 is 0 Å². The van der Waals surface area contributed by atoms with E-state index in [0.29, 0.717) is 11.1 Å². The first-order valence-corrected chi connectivity index (χ1v) is 9.73. The Kier molecular flexibility index (Phi) is 6.41. The van der Waals surface area contributed by atoms with Gasteiger partial charge in [-0.2, -0.15) is 0 Å². The summed E-state index contributed by atoms with van der Waals surface area (Å²) in [6.07, 6.45) is -6.10. The molecule has 0 aliphatic carbocycles. The minimum absolute atomic E-state index is 0.0436. The van der Waals surface area contributed by atoms with E-state index in [0.717, 1.165) is 0 Å². The molecule has 0 saturated carbocycles. The van der Waals surface area contributed by atoms with Gasteiger partial charge in [0.25, 0.3) is 11.4 Å². The van der Waals surface area contributed by atoms with E-state index in [1.165, 1.54) is 36.4 Å². The lowest BCUT2D eigenvalue weighted by atomic mass is 10.0. The molecule has 2 unspecified atom stereocenters. The van der Waals surface area contributed by atoms with Crippen LogP contribution in [0.2, 0.25) is 0 Å². The molecule has 0 aromatic heterocycles. The van der Waals surface area contributed by atoms with Crippen LogP contribution in [0.4, 0.5) is 11.4 Å². The Labute approximate surface area is 181 Å². The SMILES string of the molecule is O=[N+]([O-])c1cccc(C2OC[C@H]3OC(c4cccc([N+](=O)[O-])c4)O[C@H]3[C@@H]([C@@H](O)CO)O2)c1. The summed E-state index contributed by atoms with van der Waals surface area (Å²) in [5.74, 6) is 0. The summed E-state index contributed by atoms with van der Waals surface area (Å²) in [6, 6.07) is 11.4. The zero-order valence-electron chi connectivity index (χ0n) is 16.6. The highest BCUT2D eigenvalue weighted by Gasteiger charge is 2.48. The molecule has 0 spiro atoms. The molecule has 12 heteroatoms. The maximum atomic E-state index is 11.1. The quantitative estimate of drug-likeness (QED) is 0.491. The van der Waals surface area contributed by atoms with Gasteiger partial charge in [0.2, 0.25) is 0 Å². The summed E-state index contributed by atoms with van der Waals surface area (Å²) in [7, 11) is 0. The van der Waals surface area contributed by atoms with Gasteiger partial charge in [0.15, 0.2) is 12.6 Å². The highest BCUT2D eigenvalue weighted by atomic mass is 16.8. The molecule has 170 valence electrons. The van der Waals surface area contributed by atoms with Crippen LogP contribution in [0.5, 0.6) is 0 Å². The number of rotatable bonds is 6. The highest BCUT2D eigenvalue weighted by molar-refractivity contribution is 5.36. The number of aliphatic hydroxyl groups excluding tert-OH is 2. The van der Waals surface area contributed by atoms with Crippen molar-refractivity contribution in [3.05, 3.63) is 79.9 Å². The Bertz CT molecular complexity index is 1000. The van der Waals surface area contributed by atoms with Crippen molar-refractivity contribution < 1.29 is 39.0 Å². The van der Waals surface area contributed by atoms with Crippen LogP contribution in [0.15, 0.2) is 48.5 Å². The van der Waals surface area contributed by atoms with Gasteiger partial charge >= 0.3 is 0 Å². The Morgan fingerprint density at radius 2 is 1.53 bits per heavy atom. The maximum Gasteiger partial charge on any atom is 0.269 e. The number of ether oxygens (including phenoxy) is 4. The zero-order chi connectivity index (χ0) is 22.8.